The third kappa shape index (κ3) is 10.2. The minimum absolute atomic E-state index is 0.247. The van der Waals surface area contributed by atoms with Crippen LogP contribution in [0.2, 0.25) is 0 Å². The number of carboxylic acid groups (broad SMARTS) is 2. The van der Waals surface area contributed by atoms with Gasteiger partial charge in [-0.05, 0) is 25.8 Å². The summed E-state index contributed by atoms with van der Waals surface area (Å²) in [6.07, 6.45) is 1.22. The fraction of sp³-hybridized carbons (Fsp3) is 0.692. The number of aliphatic carboxylic acids is 2. The highest BCUT2D eigenvalue weighted by atomic mass is 16.4. The van der Waals surface area contributed by atoms with E-state index in [0.717, 1.165) is 6.42 Å². The summed E-state index contributed by atoms with van der Waals surface area (Å²) < 4.78 is 0. The highest BCUT2D eigenvalue weighted by Crippen LogP contribution is 1.99. The Kier molecular flexibility index (Phi) is 10.3. The number of hydrogen-bond acceptors (Lipinski definition) is 6. The molecule has 0 unspecified atom stereocenters. The minimum Gasteiger partial charge on any atom is -0.481 e. The molecule has 0 radical (unpaired) electrons. The van der Waals surface area contributed by atoms with Gasteiger partial charge < -0.3 is 32.3 Å². The Bertz CT molecular complexity index is 429. The molecule has 2 amide bonds. The van der Waals surface area contributed by atoms with E-state index in [1.54, 1.807) is 0 Å². The Morgan fingerprint density at radius 1 is 1.04 bits per heavy atom. The van der Waals surface area contributed by atoms with Crippen LogP contribution in [0, 0.1) is 0 Å². The maximum atomic E-state index is 11.6. The number of amides is 2. The summed E-state index contributed by atoms with van der Waals surface area (Å²) in [6.45, 7) is 0.0734. The molecule has 23 heavy (non-hydrogen) atoms. The molecule has 8 N–H and O–H groups in total. The van der Waals surface area contributed by atoms with Crippen LogP contribution in [0.25, 0.3) is 0 Å². The minimum atomic E-state index is -1.34. The predicted molar refractivity (Wildman–Crippen MR) is 80.3 cm³/mol. The lowest BCUT2D eigenvalue weighted by Gasteiger charge is -2.15. The Labute approximate surface area is 133 Å². The molecule has 0 aromatic heterocycles. The average molecular weight is 332 g/mol. The van der Waals surface area contributed by atoms with Gasteiger partial charge in [-0.2, -0.15) is 0 Å². The largest absolute Gasteiger partial charge is 0.481 e. The summed E-state index contributed by atoms with van der Waals surface area (Å²) in [5.41, 5.74) is 11.0. The van der Waals surface area contributed by atoms with Crippen molar-refractivity contribution >= 4 is 23.8 Å². The predicted octanol–water partition coefficient (Wildman–Crippen LogP) is -2.01. The van der Waals surface area contributed by atoms with Gasteiger partial charge in [0.15, 0.2) is 0 Å². The monoisotopic (exact) mass is 332 g/mol. The summed E-state index contributed by atoms with van der Waals surface area (Å²) in [4.78, 5) is 44.6. The lowest BCUT2D eigenvalue weighted by Crippen LogP contribution is -2.48. The van der Waals surface area contributed by atoms with Crippen LogP contribution in [0.3, 0.4) is 0 Å². The average Bonchev–Trinajstić information content (AvgIpc) is 2.48. The molecule has 10 heteroatoms. The van der Waals surface area contributed by atoms with E-state index in [4.69, 9.17) is 21.7 Å². The van der Waals surface area contributed by atoms with Gasteiger partial charge in [-0.25, -0.2) is 4.79 Å². The number of unbranched alkanes of at least 4 members (excludes halogenated alkanes) is 1. The van der Waals surface area contributed by atoms with E-state index < -0.39 is 48.8 Å². The van der Waals surface area contributed by atoms with Gasteiger partial charge in [-0.3, -0.25) is 14.4 Å². The molecular formula is C13H24N4O6. The Morgan fingerprint density at radius 2 is 1.70 bits per heavy atom. The topological polar surface area (TPSA) is 185 Å². The zero-order valence-electron chi connectivity index (χ0n) is 12.8. The lowest BCUT2D eigenvalue weighted by atomic mass is 10.1. The van der Waals surface area contributed by atoms with Gasteiger partial charge in [0.25, 0.3) is 0 Å². The zero-order valence-corrected chi connectivity index (χ0v) is 12.8. The molecule has 10 nitrogen and oxygen atoms in total. The fourth-order valence-electron chi connectivity index (χ4n) is 1.71. The standard InChI is InChI=1S/C13H24N4O6/c14-6-2-1-3-8(15)12(21)16-7-10(18)17-9(13(22)23)4-5-11(19)20/h8-9H,1-7,14-15H2,(H,16,21)(H,17,18)(H,19,20)(H,22,23)/t8-,9-/m1/s1. The molecule has 0 fully saturated rings. The summed E-state index contributed by atoms with van der Waals surface area (Å²) in [5.74, 6) is -3.76. The van der Waals surface area contributed by atoms with Gasteiger partial charge in [0.05, 0.1) is 12.6 Å². The number of carbonyl (C=O) groups is 4. The van der Waals surface area contributed by atoms with Crippen LogP contribution in [-0.2, 0) is 19.2 Å². The molecule has 0 aliphatic rings. The summed E-state index contributed by atoms with van der Waals surface area (Å²) >= 11 is 0. The van der Waals surface area contributed by atoms with E-state index in [1.807, 2.05) is 0 Å². The number of nitrogens with one attached hydrogen (secondary N) is 2. The fourth-order valence-corrected chi connectivity index (χ4v) is 1.71. The van der Waals surface area contributed by atoms with Crippen molar-refractivity contribution in [3.05, 3.63) is 0 Å². The molecule has 0 rings (SSSR count). The first-order chi connectivity index (χ1) is 10.8. The van der Waals surface area contributed by atoms with E-state index in [-0.39, 0.29) is 6.42 Å². The van der Waals surface area contributed by atoms with E-state index in [0.29, 0.717) is 19.4 Å². The number of carboxylic acids is 2. The molecule has 0 aliphatic carbocycles. The molecule has 0 spiro atoms. The Balaban J connectivity index is 4.18. The third-order valence-corrected chi connectivity index (χ3v) is 3.01. The van der Waals surface area contributed by atoms with Crippen molar-refractivity contribution in [1.82, 2.24) is 10.6 Å². The number of rotatable bonds is 12. The highest BCUT2D eigenvalue weighted by molar-refractivity contribution is 5.89. The van der Waals surface area contributed by atoms with Crippen LogP contribution in [0.15, 0.2) is 0 Å². The number of nitrogens with two attached hydrogens (primary N) is 2. The quantitative estimate of drug-likeness (QED) is 0.221. The van der Waals surface area contributed by atoms with Gasteiger partial charge in [-0.1, -0.05) is 6.42 Å². The molecule has 0 bridgehead atoms. The van der Waals surface area contributed by atoms with Crippen molar-refractivity contribution in [1.29, 1.82) is 0 Å². The highest BCUT2D eigenvalue weighted by Gasteiger charge is 2.21. The van der Waals surface area contributed by atoms with Crippen molar-refractivity contribution < 1.29 is 29.4 Å². The molecule has 0 aromatic rings. The summed E-state index contributed by atoms with van der Waals surface area (Å²) in [5, 5.41) is 21.9. The summed E-state index contributed by atoms with van der Waals surface area (Å²) in [6, 6.07) is -2.09. The SMILES string of the molecule is NCCCC[C@@H](N)C(=O)NCC(=O)N[C@H](CCC(=O)O)C(=O)O. The van der Waals surface area contributed by atoms with Crippen molar-refractivity contribution in [2.24, 2.45) is 11.5 Å². The summed E-state index contributed by atoms with van der Waals surface area (Å²) in [7, 11) is 0. The Morgan fingerprint density at radius 3 is 2.22 bits per heavy atom. The lowest BCUT2D eigenvalue weighted by molar-refractivity contribution is -0.143. The third-order valence-electron chi connectivity index (χ3n) is 3.01. The molecule has 0 aliphatic heterocycles. The number of hydrogen-bond donors (Lipinski definition) is 6. The molecule has 132 valence electrons. The first-order valence-corrected chi connectivity index (χ1v) is 7.25. The molecule has 0 saturated carbocycles. The van der Waals surface area contributed by atoms with E-state index in [1.165, 1.54) is 0 Å². The maximum Gasteiger partial charge on any atom is 0.326 e. The van der Waals surface area contributed by atoms with Crippen molar-refractivity contribution in [2.45, 2.75) is 44.2 Å². The normalized spacial score (nSPS) is 13.0. The second-order valence-electron chi connectivity index (χ2n) is 5.00. The van der Waals surface area contributed by atoms with Gasteiger partial charge in [0.1, 0.15) is 6.04 Å². The molecule has 0 aromatic carbocycles. The first kappa shape index (κ1) is 20.8. The van der Waals surface area contributed by atoms with Crippen molar-refractivity contribution in [3.8, 4) is 0 Å². The van der Waals surface area contributed by atoms with Crippen LogP contribution < -0.4 is 22.1 Å². The molecule has 0 heterocycles. The van der Waals surface area contributed by atoms with Gasteiger partial charge in [0, 0.05) is 6.42 Å². The van der Waals surface area contributed by atoms with Gasteiger partial charge in [-0.15, -0.1) is 0 Å². The van der Waals surface area contributed by atoms with Crippen LogP contribution in [0.4, 0.5) is 0 Å². The number of carbonyl (C=O) groups excluding carboxylic acids is 2. The molecule has 2 atom stereocenters. The van der Waals surface area contributed by atoms with Gasteiger partial charge in [0.2, 0.25) is 11.8 Å². The van der Waals surface area contributed by atoms with E-state index in [2.05, 4.69) is 10.6 Å². The van der Waals surface area contributed by atoms with Crippen molar-refractivity contribution in [2.75, 3.05) is 13.1 Å². The van der Waals surface area contributed by atoms with Crippen LogP contribution >= 0.6 is 0 Å². The first-order valence-electron chi connectivity index (χ1n) is 7.25. The molecular weight excluding hydrogens is 308 g/mol. The maximum absolute atomic E-state index is 11.6. The van der Waals surface area contributed by atoms with Gasteiger partial charge >= 0.3 is 11.9 Å². The van der Waals surface area contributed by atoms with Crippen LogP contribution in [0.1, 0.15) is 32.1 Å². The second kappa shape index (κ2) is 11.4. The molecule has 0 saturated heterocycles. The second-order valence-corrected chi connectivity index (χ2v) is 5.00. The van der Waals surface area contributed by atoms with Crippen molar-refractivity contribution in [3.63, 3.8) is 0 Å². The zero-order chi connectivity index (χ0) is 17.8. The smallest absolute Gasteiger partial charge is 0.326 e. The van der Waals surface area contributed by atoms with Crippen LogP contribution in [0.5, 0.6) is 0 Å². The Hall–Kier alpha value is -2.20. The van der Waals surface area contributed by atoms with E-state index in [9.17, 15) is 19.2 Å². The van der Waals surface area contributed by atoms with E-state index >= 15 is 0 Å². The van der Waals surface area contributed by atoms with Crippen LogP contribution in [-0.4, -0.2) is 59.1 Å².